The van der Waals surface area contributed by atoms with Crippen molar-refractivity contribution in [3.63, 3.8) is 0 Å². The molecule has 0 bridgehead atoms. The normalized spacial score (nSPS) is 16.1. The Morgan fingerprint density at radius 1 is 0.966 bits per heavy atom. The summed E-state index contributed by atoms with van der Waals surface area (Å²) in [7, 11) is 0. The Labute approximate surface area is 170 Å². The number of urea groups is 1. The maximum Gasteiger partial charge on any atom is 0.317 e. The SMILES string of the molecule is O=C(NCc1cccc2ccccc12)N1CCN(c2cc3c(nn2)CCC3)CC1. The molecule has 2 heterocycles. The number of nitrogens with one attached hydrogen (secondary N) is 1. The Morgan fingerprint density at radius 2 is 1.79 bits per heavy atom. The summed E-state index contributed by atoms with van der Waals surface area (Å²) in [5, 5.41) is 14.3. The molecule has 148 valence electrons. The van der Waals surface area contributed by atoms with E-state index < -0.39 is 0 Å². The second kappa shape index (κ2) is 7.70. The molecule has 0 unspecified atom stereocenters. The minimum absolute atomic E-state index is 0.00220. The standard InChI is InChI=1S/C23H25N5O/c29-23(24-16-19-8-3-6-17-5-1-2-9-20(17)19)28-13-11-27(12-14-28)22-15-18-7-4-10-21(18)25-26-22/h1-3,5-6,8-9,15H,4,7,10-14,16H2,(H,24,29). The van der Waals surface area contributed by atoms with Gasteiger partial charge in [0.1, 0.15) is 0 Å². The van der Waals surface area contributed by atoms with E-state index >= 15 is 0 Å². The molecule has 2 aliphatic rings. The van der Waals surface area contributed by atoms with Gasteiger partial charge in [-0.05, 0) is 47.2 Å². The number of aromatic nitrogens is 2. The molecule has 1 N–H and O–H groups in total. The minimum atomic E-state index is -0.00220. The molecule has 0 radical (unpaired) electrons. The van der Waals surface area contributed by atoms with E-state index in [9.17, 15) is 4.79 Å². The van der Waals surface area contributed by atoms with Gasteiger partial charge in [-0.2, -0.15) is 5.10 Å². The van der Waals surface area contributed by atoms with Crippen molar-refractivity contribution in [2.75, 3.05) is 31.1 Å². The number of carbonyl (C=O) groups excluding carboxylic acids is 1. The van der Waals surface area contributed by atoms with Crippen molar-refractivity contribution in [1.82, 2.24) is 20.4 Å². The number of nitrogens with zero attached hydrogens (tertiary/aromatic N) is 4. The van der Waals surface area contributed by atoms with Crippen molar-refractivity contribution < 1.29 is 4.79 Å². The summed E-state index contributed by atoms with van der Waals surface area (Å²) in [6.45, 7) is 3.50. The fourth-order valence-electron chi connectivity index (χ4n) is 4.34. The molecule has 2 aromatic carbocycles. The third-order valence-electron chi connectivity index (χ3n) is 6.01. The van der Waals surface area contributed by atoms with E-state index in [4.69, 9.17) is 0 Å². The van der Waals surface area contributed by atoms with Gasteiger partial charge in [-0.25, -0.2) is 4.79 Å². The molecule has 0 saturated carbocycles. The molecule has 2 amide bonds. The fraction of sp³-hybridized carbons (Fsp3) is 0.348. The predicted octanol–water partition coefficient (Wildman–Crippen LogP) is 3.15. The van der Waals surface area contributed by atoms with Gasteiger partial charge in [-0.15, -0.1) is 5.10 Å². The predicted molar refractivity (Wildman–Crippen MR) is 114 cm³/mol. The molecule has 29 heavy (non-hydrogen) atoms. The smallest absolute Gasteiger partial charge is 0.317 e. The van der Waals surface area contributed by atoms with Gasteiger partial charge in [0.05, 0.1) is 5.69 Å². The molecular weight excluding hydrogens is 362 g/mol. The first kappa shape index (κ1) is 17.9. The molecule has 1 saturated heterocycles. The fourth-order valence-corrected chi connectivity index (χ4v) is 4.34. The highest BCUT2D eigenvalue weighted by Crippen LogP contribution is 2.23. The number of carbonyl (C=O) groups is 1. The van der Waals surface area contributed by atoms with Crippen LogP contribution in [0.4, 0.5) is 10.6 Å². The molecule has 6 nitrogen and oxygen atoms in total. The summed E-state index contributed by atoms with van der Waals surface area (Å²) in [6, 6.07) is 16.7. The first-order chi connectivity index (χ1) is 14.3. The summed E-state index contributed by atoms with van der Waals surface area (Å²) < 4.78 is 0. The third kappa shape index (κ3) is 3.62. The lowest BCUT2D eigenvalue weighted by Crippen LogP contribution is -2.52. The molecule has 0 atom stereocenters. The van der Waals surface area contributed by atoms with Crippen LogP contribution < -0.4 is 10.2 Å². The van der Waals surface area contributed by atoms with Crippen LogP contribution in [0.5, 0.6) is 0 Å². The number of piperazine rings is 1. The number of anilines is 1. The van der Waals surface area contributed by atoms with E-state index in [1.54, 1.807) is 0 Å². The number of amides is 2. The highest BCUT2D eigenvalue weighted by atomic mass is 16.2. The number of aryl methyl sites for hydroxylation is 2. The van der Waals surface area contributed by atoms with Gasteiger partial charge in [-0.3, -0.25) is 0 Å². The Morgan fingerprint density at radius 3 is 2.69 bits per heavy atom. The van der Waals surface area contributed by atoms with Gasteiger partial charge in [0.15, 0.2) is 5.82 Å². The Balaban J connectivity index is 1.18. The van der Waals surface area contributed by atoms with Crippen molar-refractivity contribution in [3.8, 4) is 0 Å². The van der Waals surface area contributed by atoms with Crippen molar-refractivity contribution in [1.29, 1.82) is 0 Å². The van der Waals surface area contributed by atoms with E-state index in [0.717, 1.165) is 43.0 Å². The highest BCUT2D eigenvalue weighted by Gasteiger charge is 2.23. The van der Waals surface area contributed by atoms with E-state index in [0.29, 0.717) is 19.6 Å². The van der Waals surface area contributed by atoms with E-state index in [1.165, 1.54) is 22.8 Å². The second-order valence-electron chi connectivity index (χ2n) is 7.80. The van der Waals surface area contributed by atoms with E-state index in [2.05, 4.69) is 50.7 Å². The lowest BCUT2D eigenvalue weighted by molar-refractivity contribution is 0.194. The Bertz CT molecular complexity index is 1040. The zero-order valence-corrected chi connectivity index (χ0v) is 16.5. The number of hydrogen-bond acceptors (Lipinski definition) is 4. The third-order valence-corrected chi connectivity index (χ3v) is 6.01. The number of fused-ring (bicyclic) bond motifs is 2. The van der Waals surface area contributed by atoms with Crippen molar-refractivity contribution in [3.05, 3.63) is 65.4 Å². The monoisotopic (exact) mass is 387 g/mol. The number of hydrogen-bond donors (Lipinski definition) is 1. The maximum absolute atomic E-state index is 12.7. The van der Waals surface area contributed by atoms with Crippen LogP contribution in [0.15, 0.2) is 48.5 Å². The number of rotatable bonds is 3. The summed E-state index contributed by atoms with van der Waals surface area (Å²) in [6.07, 6.45) is 3.33. The molecule has 1 aromatic heterocycles. The average Bonchev–Trinajstić information content (AvgIpc) is 3.25. The number of benzene rings is 2. The van der Waals surface area contributed by atoms with Gasteiger partial charge in [0.25, 0.3) is 0 Å². The van der Waals surface area contributed by atoms with Crippen LogP contribution >= 0.6 is 0 Å². The quantitative estimate of drug-likeness (QED) is 0.750. The van der Waals surface area contributed by atoms with Crippen molar-refractivity contribution >= 4 is 22.6 Å². The first-order valence-corrected chi connectivity index (χ1v) is 10.4. The van der Waals surface area contributed by atoms with Crippen molar-refractivity contribution in [2.24, 2.45) is 0 Å². The van der Waals surface area contributed by atoms with Gasteiger partial charge in [0.2, 0.25) is 0 Å². The summed E-state index contributed by atoms with van der Waals surface area (Å²) in [5.74, 6) is 0.946. The molecule has 1 aliphatic carbocycles. The summed E-state index contributed by atoms with van der Waals surface area (Å²) in [4.78, 5) is 16.8. The van der Waals surface area contributed by atoms with Crippen LogP contribution in [0.3, 0.4) is 0 Å². The van der Waals surface area contributed by atoms with Gasteiger partial charge < -0.3 is 15.1 Å². The molecule has 0 spiro atoms. The lowest BCUT2D eigenvalue weighted by Gasteiger charge is -2.35. The van der Waals surface area contributed by atoms with Crippen molar-refractivity contribution in [2.45, 2.75) is 25.8 Å². The van der Waals surface area contributed by atoms with Crippen LogP contribution in [0, 0.1) is 0 Å². The Hall–Kier alpha value is -3.15. The van der Waals surface area contributed by atoms with E-state index in [1.807, 2.05) is 23.1 Å². The van der Waals surface area contributed by atoms with E-state index in [-0.39, 0.29) is 6.03 Å². The van der Waals surface area contributed by atoms with Crippen LogP contribution in [0.25, 0.3) is 10.8 Å². The van der Waals surface area contributed by atoms with Crippen LogP contribution in [-0.2, 0) is 19.4 Å². The highest BCUT2D eigenvalue weighted by molar-refractivity contribution is 5.86. The van der Waals surface area contributed by atoms with Gasteiger partial charge in [0, 0.05) is 32.7 Å². The van der Waals surface area contributed by atoms with Crippen LogP contribution in [0.2, 0.25) is 0 Å². The van der Waals surface area contributed by atoms with Gasteiger partial charge in [-0.1, -0.05) is 42.5 Å². The molecule has 3 aromatic rings. The average molecular weight is 387 g/mol. The largest absolute Gasteiger partial charge is 0.352 e. The zero-order chi connectivity index (χ0) is 19.6. The molecule has 5 rings (SSSR count). The summed E-state index contributed by atoms with van der Waals surface area (Å²) in [5.41, 5.74) is 3.63. The Kier molecular flexibility index (Phi) is 4.76. The molecule has 1 aliphatic heterocycles. The first-order valence-electron chi connectivity index (χ1n) is 10.4. The van der Waals surface area contributed by atoms with Crippen LogP contribution in [0.1, 0.15) is 23.2 Å². The minimum Gasteiger partial charge on any atom is -0.352 e. The lowest BCUT2D eigenvalue weighted by atomic mass is 10.0. The zero-order valence-electron chi connectivity index (χ0n) is 16.5. The van der Waals surface area contributed by atoms with Gasteiger partial charge >= 0.3 is 6.03 Å². The molecule has 6 heteroatoms. The van der Waals surface area contributed by atoms with Crippen LogP contribution in [-0.4, -0.2) is 47.3 Å². The summed E-state index contributed by atoms with van der Waals surface area (Å²) >= 11 is 0. The molecular formula is C23H25N5O. The topological polar surface area (TPSA) is 61.4 Å². The maximum atomic E-state index is 12.7. The second-order valence-corrected chi connectivity index (χ2v) is 7.80. The molecule has 1 fully saturated rings.